The third-order valence-electron chi connectivity index (χ3n) is 1.34. The highest BCUT2D eigenvalue weighted by Crippen LogP contribution is 2.54. The Morgan fingerprint density at radius 3 is 1.00 bits per heavy atom. The predicted octanol–water partition coefficient (Wildman–Crippen LogP) is 4.24. The first-order valence-electron chi connectivity index (χ1n) is 3.10. The van der Waals surface area contributed by atoms with Crippen LogP contribution in [0.3, 0.4) is 0 Å². The van der Waals surface area contributed by atoms with Gasteiger partial charge in [0.05, 0.1) is 6.42 Å². The van der Waals surface area contributed by atoms with Crippen molar-refractivity contribution in [2.45, 2.75) is 28.4 Å². The second-order valence-electron chi connectivity index (χ2n) is 2.59. The largest absolute Gasteiger partial charge is 0.412 e. The van der Waals surface area contributed by atoms with Gasteiger partial charge in [-0.25, -0.2) is 0 Å². The average Bonchev–Trinajstić information content (AvgIpc) is 1.77. The van der Waals surface area contributed by atoms with Crippen LogP contribution in [0.4, 0.5) is 39.5 Å². The fourth-order valence-corrected chi connectivity index (χ4v) is 1.07. The Morgan fingerprint density at radius 2 is 0.933 bits per heavy atom. The van der Waals surface area contributed by atoms with Crippen molar-refractivity contribution in [3.8, 4) is 0 Å². The molecule has 0 aromatic heterocycles. The van der Waals surface area contributed by atoms with E-state index in [1.807, 2.05) is 0 Å². The van der Waals surface area contributed by atoms with E-state index in [2.05, 4.69) is 0 Å². The summed E-state index contributed by atoms with van der Waals surface area (Å²) in [5, 5.41) is 0. The molecule has 0 atom stereocenters. The Hall–Kier alpha value is 0.100. The van der Waals surface area contributed by atoms with Crippen LogP contribution in [0.15, 0.2) is 0 Å². The first-order chi connectivity index (χ1) is 6.21. The summed E-state index contributed by atoms with van der Waals surface area (Å²) in [6.07, 6.45) is -20.6. The second kappa shape index (κ2) is 3.84. The average molecular weight is 360 g/mol. The first-order valence-corrected chi connectivity index (χ1v) is 4.18. The van der Waals surface area contributed by atoms with E-state index < -0.39 is 28.4 Å². The van der Waals surface area contributed by atoms with Gasteiger partial charge in [0.25, 0.3) is 0 Å². The Balaban J connectivity index is 5.26. The van der Waals surface area contributed by atoms with Crippen molar-refractivity contribution in [3.63, 3.8) is 0 Å². The van der Waals surface area contributed by atoms with Crippen molar-refractivity contribution in [1.29, 1.82) is 0 Å². The quantitative estimate of drug-likeness (QED) is 0.373. The molecule has 0 saturated carbocycles. The second-order valence-corrected chi connectivity index (χ2v) is 4.43. The molecule has 92 valence electrons. The number of alkyl halides is 10. The molecule has 0 aliphatic heterocycles. The van der Waals surface area contributed by atoms with Crippen LogP contribution in [-0.4, -0.2) is 22.0 Å². The topological polar surface area (TPSA) is 0 Å². The van der Waals surface area contributed by atoms with Gasteiger partial charge in [-0.1, -0.05) is 22.6 Å². The van der Waals surface area contributed by atoms with E-state index in [1.54, 1.807) is 0 Å². The minimum absolute atomic E-state index is 0.257. The van der Waals surface area contributed by atoms with Gasteiger partial charge in [-0.05, 0) is 0 Å². The summed E-state index contributed by atoms with van der Waals surface area (Å²) in [6, 6.07) is 0. The summed E-state index contributed by atoms with van der Waals surface area (Å²) in [7, 11) is 0. The normalized spacial score (nSPS) is 15.6. The van der Waals surface area contributed by atoms with Crippen molar-refractivity contribution in [1.82, 2.24) is 0 Å². The SMILES string of the molecule is FC(F)(F)CC(I)(C(F)(F)F)C(F)(F)F. The number of rotatable bonds is 1. The van der Waals surface area contributed by atoms with E-state index in [0.717, 1.165) is 0 Å². The van der Waals surface area contributed by atoms with E-state index >= 15 is 0 Å². The van der Waals surface area contributed by atoms with Gasteiger partial charge in [0, 0.05) is 0 Å². The minimum Gasteiger partial charge on any atom is -0.171 e. The highest BCUT2D eigenvalue weighted by atomic mass is 127. The van der Waals surface area contributed by atoms with Gasteiger partial charge >= 0.3 is 18.5 Å². The Labute approximate surface area is 91.0 Å². The van der Waals surface area contributed by atoms with Crippen LogP contribution in [0.2, 0.25) is 0 Å². The van der Waals surface area contributed by atoms with Crippen molar-refractivity contribution < 1.29 is 39.5 Å². The molecular formula is C5H2F9I. The standard InChI is InChI=1S/C5H2F9I/c6-3(7,8)1-2(15,4(9,10)11)5(12,13)14/h1H2. The molecule has 0 aliphatic rings. The van der Waals surface area contributed by atoms with Crippen LogP contribution in [0.25, 0.3) is 0 Å². The monoisotopic (exact) mass is 360 g/mol. The Morgan fingerprint density at radius 1 is 0.667 bits per heavy atom. The van der Waals surface area contributed by atoms with Gasteiger partial charge in [0.2, 0.25) is 3.42 Å². The molecule has 0 bridgehead atoms. The van der Waals surface area contributed by atoms with Crippen LogP contribution in [-0.2, 0) is 0 Å². The lowest BCUT2D eigenvalue weighted by molar-refractivity contribution is -0.282. The van der Waals surface area contributed by atoms with E-state index in [0.29, 0.717) is 0 Å². The molecule has 0 spiro atoms. The minimum atomic E-state index is -6.01. The molecule has 0 fully saturated rings. The molecule has 0 rings (SSSR count). The van der Waals surface area contributed by atoms with Gasteiger partial charge in [0.15, 0.2) is 0 Å². The summed E-state index contributed by atoms with van der Waals surface area (Å²) in [4.78, 5) is 0. The highest BCUT2D eigenvalue weighted by Gasteiger charge is 2.72. The van der Waals surface area contributed by atoms with Crippen LogP contribution in [0.1, 0.15) is 6.42 Å². The molecule has 10 heteroatoms. The summed E-state index contributed by atoms with van der Waals surface area (Å²) < 4.78 is 101. The number of halogens is 10. The maximum absolute atomic E-state index is 11.9. The van der Waals surface area contributed by atoms with Crippen molar-refractivity contribution in [2.24, 2.45) is 0 Å². The molecule has 0 saturated heterocycles. The first kappa shape index (κ1) is 15.1. The zero-order valence-electron chi connectivity index (χ0n) is 6.49. The smallest absolute Gasteiger partial charge is 0.171 e. The van der Waals surface area contributed by atoms with E-state index in [4.69, 9.17) is 0 Å². The van der Waals surface area contributed by atoms with Gasteiger partial charge in [-0.3, -0.25) is 0 Å². The van der Waals surface area contributed by atoms with Crippen molar-refractivity contribution >= 4 is 22.6 Å². The highest BCUT2D eigenvalue weighted by molar-refractivity contribution is 14.1. The van der Waals surface area contributed by atoms with Crippen LogP contribution in [0, 0.1) is 0 Å². The fourth-order valence-electron chi connectivity index (χ4n) is 0.637. The lowest BCUT2D eigenvalue weighted by Gasteiger charge is -2.32. The third kappa shape index (κ3) is 3.55. The summed E-state index contributed by atoms with van der Waals surface area (Å²) in [5.74, 6) is 0. The molecule has 0 nitrogen and oxygen atoms in total. The lowest BCUT2D eigenvalue weighted by Crippen LogP contribution is -2.54. The van der Waals surface area contributed by atoms with Gasteiger partial charge in [-0.15, -0.1) is 0 Å². The third-order valence-corrected chi connectivity index (χ3v) is 2.95. The number of hydrogen-bond acceptors (Lipinski definition) is 0. The molecule has 0 amide bonds. The molecule has 0 radical (unpaired) electrons. The Bertz CT molecular complexity index is 206. The molecule has 0 aromatic rings. The van der Waals surface area contributed by atoms with Gasteiger partial charge < -0.3 is 0 Å². The molecule has 0 unspecified atom stereocenters. The summed E-state index contributed by atoms with van der Waals surface area (Å²) in [5.41, 5.74) is 0. The van der Waals surface area contributed by atoms with Crippen LogP contribution < -0.4 is 0 Å². The number of hydrogen-bond donors (Lipinski definition) is 0. The van der Waals surface area contributed by atoms with Gasteiger partial charge in [0.1, 0.15) is 0 Å². The Kier molecular flexibility index (Phi) is 3.87. The fraction of sp³-hybridized carbons (Fsp3) is 1.00. The molecule has 0 heterocycles. The summed E-state index contributed by atoms with van der Waals surface area (Å²) in [6.45, 7) is 0. The van der Waals surface area contributed by atoms with Crippen LogP contribution >= 0.6 is 22.6 Å². The zero-order valence-corrected chi connectivity index (χ0v) is 8.64. The van der Waals surface area contributed by atoms with E-state index in [-0.39, 0.29) is 22.6 Å². The van der Waals surface area contributed by atoms with E-state index in [9.17, 15) is 39.5 Å². The van der Waals surface area contributed by atoms with Crippen LogP contribution in [0.5, 0.6) is 0 Å². The van der Waals surface area contributed by atoms with E-state index in [1.165, 1.54) is 0 Å². The van der Waals surface area contributed by atoms with Gasteiger partial charge in [-0.2, -0.15) is 39.5 Å². The predicted molar refractivity (Wildman–Crippen MR) is 39.5 cm³/mol. The molecule has 0 aliphatic carbocycles. The van der Waals surface area contributed by atoms with Crippen molar-refractivity contribution in [2.75, 3.05) is 0 Å². The zero-order chi connectivity index (χ0) is 12.7. The molecule has 0 N–H and O–H groups in total. The maximum Gasteiger partial charge on any atom is 0.412 e. The molecule has 0 aromatic carbocycles. The molecule has 15 heavy (non-hydrogen) atoms. The summed E-state index contributed by atoms with van der Waals surface area (Å²) >= 11 is -0.257. The lowest BCUT2D eigenvalue weighted by atomic mass is 10.0. The molecular weight excluding hydrogens is 358 g/mol. The van der Waals surface area contributed by atoms with Crippen molar-refractivity contribution in [3.05, 3.63) is 0 Å². The maximum atomic E-state index is 11.9.